The van der Waals surface area contributed by atoms with E-state index in [4.69, 9.17) is 5.11 Å². The van der Waals surface area contributed by atoms with E-state index >= 15 is 0 Å². The molecule has 2 N–H and O–H groups in total. The zero-order chi connectivity index (χ0) is 22.9. The third-order valence-electron chi connectivity index (χ3n) is 5.31. The maximum absolute atomic E-state index is 14.6. The molecule has 1 aliphatic rings. The minimum absolute atomic E-state index is 0.0555. The Bertz CT molecular complexity index is 1440. The zero-order valence-corrected chi connectivity index (χ0v) is 17.1. The van der Waals surface area contributed by atoms with E-state index in [0.717, 1.165) is 11.1 Å². The fraction of sp³-hybridized carbons (Fsp3) is 0.0400. The smallest absolute Gasteiger partial charge is 0.338 e. The maximum Gasteiger partial charge on any atom is 0.338 e. The standard InChI is InChI=1S/C25H16F2N4O2/c26-19-10-4-3-8-17(19)23-16-7-2-1-6-15(16)22-14(12-28-23)13-29-25(31-22)30-20-11-5-9-18(21(20)27)24(32)33/h1-11,13H,12H2,(H,32,33)(H,29,30,31). The highest BCUT2D eigenvalue weighted by Crippen LogP contribution is 2.32. The highest BCUT2D eigenvalue weighted by molar-refractivity contribution is 6.16. The van der Waals surface area contributed by atoms with Crippen molar-refractivity contribution < 1.29 is 18.7 Å². The highest BCUT2D eigenvalue weighted by Gasteiger charge is 2.22. The van der Waals surface area contributed by atoms with Crippen molar-refractivity contribution >= 4 is 23.3 Å². The molecule has 3 aromatic carbocycles. The maximum atomic E-state index is 14.6. The van der Waals surface area contributed by atoms with Gasteiger partial charge in [-0.05, 0) is 24.3 Å². The number of nitrogens with one attached hydrogen (secondary N) is 1. The second-order valence-corrected chi connectivity index (χ2v) is 7.35. The number of rotatable bonds is 4. The number of aromatic carboxylic acids is 1. The molecule has 2 heterocycles. The fourth-order valence-corrected chi connectivity index (χ4v) is 3.76. The van der Waals surface area contributed by atoms with Crippen molar-refractivity contribution in [3.05, 3.63) is 107 Å². The van der Waals surface area contributed by atoms with Crippen molar-refractivity contribution in [3.63, 3.8) is 0 Å². The lowest BCUT2D eigenvalue weighted by atomic mass is 9.95. The second kappa shape index (κ2) is 8.23. The van der Waals surface area contributed by atoms with Gasteiger partial charge in [-0.3, -0.25) is 4.99 Å². The van der Waals surface area contributed by atoms with Crippen LogP contribution in [-0.2, 0) is 6.54 Å². The largest absolute Gasteiger partial charge is 0.478 e. The van der Waals surface area contributed by atoms with Crippen LogP contribution < -0.4 is 5.32 Å². The molecule has 0 radical (unpaired) electrons. The number of nitrogens with zero attached hydrogens (tertiary/aromatic N) is 3. The summed E-state index contributed by atoms with van der Waals surface area (Å²) in [7, 11) is 0. The average Bonchev–Trinajstić information content (AvgIpc) is 2.98. The monoisotopic (exact) mass is 442 g/mol. The van der Waals surface area contributed by atoms with Crippen LogP contribution in [0.15, 0.2) is 77.9 Å². The van der Waals surface area contributed by atoms with E-state index in [-0.39, 0.29) is 24.0 Å². The first-order chi connectivity index (χ1) is 16.0. The lowest BCUT2D eigenvalue weighted by molar-refractivity contribution is 0.0692. The molecule has 0 saturated heterocycles. The van der Waals surface area contributed by atoms with Gasteiger partial charge < -0.3 is 10.4 Å². The van der Waals surface area contributed by atoms with E-state index in [2.05, 4.69) is 20.3 Å². The summed E-state index contributed by atoms with van der Waals surface area (Å²) in [5.74, 6) is -2.56. The van der Waals surface area contributed by atoms with Gasteiger partial charge in [-0.1, -0.05) is 42.5 Å². The molecule has 0 atom stereocenters. The Morgan fingerprint density at radius 2 is 1.64 bits per heavy atom. The first-order valence-electron chi connectivity index (χ1n) is 10.1. The number of carboxylic acids is 1. The molecule has 0 spiro atoms. The van der Waals surface area contributed by atoms with Crippen LogP contribution in [0.25, 0.3) is 11.3 Å². The van der Waals surface area contributed by atoms with E-state index < -0.39 is 17.3 Å². The average molecular weight is 442 g/mol. The number of aromatic nitrogens is 2. The van der Waals surface area contributed by atoms with Gasteiger partial charge in [-0.25, -0.2) is 23.5 Å². The molecule has 0 unspecified atom stereocenters. The number of carbonyl (C=O) groups is 1. The van der Waals surface area contributed by atoms with Gasteiger partial charge in [0.05, 0.1) is 29.2 Å². The SMILES string of the molecule is O=C(O)c1cccc(Nc2ncc3c(n2)-c2ccccc2C(c2ccccc2F)=NC3)c1F. The first kappa shape index (κ1) is 20.4. The summed E-state index contributed by atoms with van der Waals surface area (Å²) in [5, 5.41) is 11.9. The van der Waals surface area contributed by atoms with Crippen molar-refractivity contribution in [2.24, 2.45) is 4.99 Å². The van der Waals surface area contributed by atoms with E-state index in [0.29, 0.717) is 22.5 Å². The Morgan fingerprint density at radius 3 is 2.39 bits per heavy atom. The van der Waals surface area contributed by atoms with Crippen molar-refractivity contribution in [3.8, 4) is 11.3 Å². The van der Waals surface area contributed by atoms with Gasteiger partial charge in [0.2, 0.25) is 5.95 Å². The number of anilines is 2. The van der Waals surface area contributed by atoms with Crippen LogP contribution in [0, 0.1) is 11.6 Å². The van der Waals surface area contributed by atoms with Gasteiger partial charge in [0, 0.05) is 28.5 Å². The van der Waals surface area contributed by atoms with E-state index in [1.807, 2.05) is 24.3 Å². The summed E-state index contributed by atoms with van der Waals surface area (Å²) in [5.41, 5.74) is 3.13. The molecular weight excluding hydrogens is 426 g/mol. The highest BCUT2D eigenvalue weighted by atomic mass is 19.1. The van der Waals surface area contributed by atoms with Gasteiger partial charge in [-0.2, -0.15) is 0 Å². The van der Waals surface area contributed by atoms with E-state index in [1.165, 1.54) is 24.3 Å². The predicted octanol–water partition coefficient (Wildman–Crippen LogP) is 5.21. The molecule has 0 saturated carbocycles. The molecule has 0 amide bonds. The van der Waals surface area contributed by atoms with Crippen LogP contribution in [0.5, 0.6) is 0 Å². The molecule has 0 bridgehead atoms. The molecule has 1 aliphatic heterocycles. The lowest BCUT2D eigenvalue weighted by Gasteiger charge is -2.13. The fourth-order valence-electron chi connectivity index (χ4n) is 3.76. The van der Waals surface area contributed by atoms with Gasteiger partial charge in [0.25, 0.3) is 0 Å². The first-order valence-corrected chi connectivity index (χ1v) is 10.1. The molecule has 1 aromatic heterocycles. The summed E-state index contributed by atoms with van der Waals surface area (Å²) < 4.78 is 29.1. The zero-order valence-electron chi connectivity index (χ0n) is 17.1. The Morgan fingerprint density at radius 1 is 0.909 bits per heavy atom. The van der Waals surface area contributed by atoms with Gasteiger partial charge in [0.1, 0.15) is 5.82 Å². The van der Waals surface area contributed by atoms with Crippen LogP contribution in [0.2, 0.25) is 0 Å². The van der Waals surface area contributed by atoms with Crippen LogP contribution in [0.3, 0.4) is 0 Å². The number of aliphatic imine (C=N–C) groups is 1. The Balaban J connectivity index is 1.59. The number of fused-ring (bicyclic) bond motifs is 3. The molecule has 4 aromatic rings. The van der Waals surface area contributed by atoms with Gasteiger partial charge in [0.15, 0.2) is 5.82 Å². The lowest BCUT2D eigenvalue weighted by Crippen LogP contribution is -2.07. The summed E-state index contributed by atoms with van der Waals surface area (Å²) in [6, 6.07) is 17.9. The van der Waals surface area contributed by atoms with Crippen molar-refractivity contribution in [2.75, 3.05) is 5.32 Å². The van der Waals surface area contributed by atoms with Gasteiger partial charge >= 0.3 is 5.97 Å². The number of carboxylic acid groups (broad SMARTS) is 1. The predicted molar refractivity (Wildman–Crippen MR) is 120 cm³/mol. The molecule has 162 valence electrons. The quantitative estimate of drug-likeness (QED) is 0.453. The summed E-state index contributed by atoms with van der Waals surface area (Å²) in [6.45, 7) is 0.233. The summed E-state index contributed by atoms with van der Waals surface area (Å²) in [4.78, 5) is 24.7. The molecular formula is C25H16F2N4O2. The van der Waals surface area contributed by atoms with Crippen LogP contribution >= 0.6 is 0 Å². The third-order valence-corrected chi connectivity index (χ3v) is 5.31. The topological polar surface area (TPSA) is 87.5 Å². The van der Waals surface area contributed by atoms with E-state index in [9.17, 15) is 13.6 Å². The second-order valence-electron chi connectivity index (χ2n) is 7.35. The van der Waals surface area contributed by atoms with Gasteiger partial charge in [-0.15, -0.1) is 0 Å². The minimum Gasteiger partial charge on any atom is -0.478 e. The molecule has 6 nitrogen and oxygen atoms in total. The third kappa shape index (κ3) is 3.71. The number of halogens is 2. The molecule has 0 fully saturated rings. The van der Waals surface area contributed by atoms with Crippen molar-refractivity contribution in [1.29, 1.82) is 0 Å². The number of hydrogen-bond donors (Lipinski definition) is 2. The Labute approximate surface area is 187 Å². The minimum atomic E-state index is -1.37. The van der Waals surface area contributed by atoms with Crippen LogP contribution in [0.4, 0.5) is 20.4 Å². The summed E-state index contributed by atoms with van der Waals surface area (Å²) in [6.07, 6.45) is 1.58. The Hall–Kier alpha value is -4.46. The van der Waals surface area contributed by atoms with Crippen molar-refractivity contribution in [1.82, 2.24) is 9.97 Å². The Kier molecular flexibility index (Phi) is 5.10. The van der Waals surface area contributed by atoms with Crippen LogP contribution in [-0.4, -0.2) is 26.8 Å². The number of benzene rings is 3. The van der Waals surface area contributed by atoms with Crippen molar-refractivity contribution in [2.45, 2.75) is 6.54 Å². The molecule has 8 heteroatoms. The summed E-state index contributed by atoms with van der Waals surface area (Å²) >= 11 is 0. The normalized spacial score (nSPS) is 12.2. The molecule has 33 heavy (non-hydrogen) atoms. The number of hydrogen-bond acceptors (Lipinski definition) is 5. The van der Waals surface area contributed by atoms with Crippen LogP contribution in [0.1, 0.15) is 27.0 Å². The van der Waals surface area contributed by atoms with E-state index in [1.54, 1.807) is 24.4 Å². The molecule has 0 aliphatic carbocycles. The molecule has 5 rings (SSSR count).